The van der Waals surface area contributed by atoms with Crippen LogP contribution in [0.1, 0.15) is 37.6 Å². The smallest absolute Gasteiger partial charge is 0.257 e. The number of benzene rings is 2. The van der Waals surface area contributed by atoms with Crippen molar-refractivity contribution in [3.05, 3.63) is 54.1 Å². The van der Waals surface area contributed by atoms with Gasteiger partial charge in [-0.05, 0) is 57.2 Å². The Morgan fingerprint density at radius 1 is 1.03 bits per heavy atom. The van der Waals surface area contributed by atoms with Crippen LogP contribution in [0.2, 0.25) is 0 Å². The van der Waals surface area contributed by atoms with E-state index in [1.165, 1.54) is 0 Å². The Labute approximate surface area is 176 Å². The van der Waals surface area contributed by atoms with Crippen LogP contribution in [-0.4, -0.2) is 41.8 Å². The van der Waals surface area contributed by atoms with Crippen LogP contribution in [0.25, 0.3) is 0 Å². The Balaban J connectivity index is 1.71. The van der Waals surface area contributed by atoms with Crippen LogP contribution in [0.4, 0.5) is 11.4 Å². The van der Waals surface area contributed by atoms with E-state index in [0.29, 0.717) is 29.2 Å². The van der Waals surface area contributed by atoms with Crippen molar-refractivity contribution in [3.8, 4) is 5.75 Å². The van der Waals surface area contributed by atoms with Crippen LogP contribution >= 0.6 is 0 Å². The fourth-order valence-electron chi connectivity index (χ4n) is 3.43. The summed E-state index contributed by atoms with van der Waals surface area (Å²) in [4.78, 5) is 39.6. The number of nitrogens with one attached hydrogen (secondary N) is 2. The first-order chi connectivity index (χ1) is 14.2. The fourth-order valence-corrected chi connectivity index (χ4v) is 3.43. The maximum Gasteiger partial charge on any atom is 0.257 e. The van der Waals surface area contributed by atoms with Gasteiger partial charge in [-0.3, -0.25) is 14.4 Å². The summed E-state index contributed by atoms with van der Waals surface area (Å²) in [6.07, 6.45) is 0.170. The van der Waals surface area contributed by atoms with E-state index in [0.717, 1.165) is 0 Å². The van der Waals surface area contributed by atoms with Gasteiger partial charge in [0.2, 0.25) is 11.8 Å². The van der Waals surface area contributed by atoms with E-state index in [1.54, 1.807) is 60.5 Å². The number of amides is 3. The van der Waals surface area contributed by atoms with Gasteiger partial charge in [-0.1, -0.05) is 12.1 Å². The molecule has 3 amide bonds. The lowest BCUT2D eigenvalue weighted by molar-refractivity contribution is -0.131. The third-order valence-corrected chi connectivity index (χ3v) is 5.08. The third kappa shape index (κ3) is 4.79. The highest BCUT2D eigenvalue weighted by molar-refractivity contribution is 6.10. The van der Waals surface area contributed by atoms with Crippen molar-refractivity contribution in [1.29, 1.82) is 0 Å². The summed E-state index contributed by atoms with van der Waals surface area (Å²) in [6, 6.07) is 13.8. The van der Waals surface area contributed by atoms with E-state index < -0.39 is 5.92 Å². The Hall–Kier alpha value is -3.35. The zero-order valence-electron chi connectivity index (χ0n) is 17.7. The first kappa shape index (κ1) is 21.4. The van der Waals surface area contributed by atoms with Crippen molar-refractivity contribution in [2.75, 3.05) is 24.3 Å². The molecule has 0 aliphatic carbocycles. The normalized spacial score (nSPS) is 16.3. The topological polar surface area (TPSA) is 87.7 Å². The molecule has 30 heavy (non-hydrogen) atoms. The molecule has 2 aromatic carbocycles. The summed E-state index contributed by atoms with van der Waals surface area (Å²) in [6.45, 7) is 6.21. The zero-order valence-corrected chi connectivity index (χ0v) is 17.7. The molecule has 158 valence electrons. The highest BCUT2D eigenvalue weighted by atomic mass is 16.5. The molecule has 1 heterocycles. The SMILES string of the molecule is COc1ccc(NC(=O)c2ccccc2NC(=O)[C@H]2CC(=O)N(C(C)(C)C)C2)cc1. The second-order valence-electron chi connectivity index (χ2n) is 8.29. The molecule has 7 nitrogen and oxygen atoms in total. The molecule has 2 N–H and O–H groups in total. The number of ether oxygens (including phenoxy) is 1. The largest absolute Gasteiger partial charge is 0.497 e. The maximum absolute atomic E-state index is 12.8. The van der Waals surface area contributed by atoms with E-state index in [4.69, 9.17) is 4.74 Å². The zero-order chi connectivity index (χ0) is 21.9. The molecular formula is C23H27N3O4. The van der Waals surface area contributed by atoms with Crippen LogP contribution < -0.4 is 15.4 Å². The Kier molecular flexibility index (Phi) is 6.10. The standard InChI is InChI=1S/C23H27N3O4/c1-23(2,3)26-14-15(13-20(26)27)21(28)25-19-8-6-5-7-18(19)22(29)24-16-9-11-17(30-4)12-10-16/h5-12,15H,13-14H2,1-4H3,(H,24,29)(H,25,28)/t15-/m0/s1. The number of nitrogens with zero attached hydrogens (tertiary/aromatic N) is 1. The van der Waals surface area contributed by atoms with Crippen molar-refractivity contribution < 1.29 is 19.1 Å². The monoisotopic (exact) mass is 409 g/mol. The summed E-state index contributed by atoms with van der Waals surface area (Å²) >= 11 is 0. The minimum absolute atomic E-state index is 0.0341. The molecule has 0 spiro atoms. The summed E-state index contributed by atoms with van der Waals surface area (Å²) in [5.74, 6) is -0.395. The van der Waals surface area contributed by atoms with E-state index >= 15 is 0 Å². The van der Waals surface area contributed by atoms with Crippen molar-refractivity contribution in [2.24, 2.45) is 5.92 Å². The van der Waals surface area contributed by atoms with E-state index in [2.05, 4.69) is 10.6 Å². The van der Waals surface area contributed by atoms with E-state index in [-0.39, 0.29) is 29.7 Å². The highest BCUT2D eigenvalue weighted by Gasteiger charge is 2.39. The van der Waals surface area contributed by atoms with Gasteiger partial charge in [-0.15, -0.1) is 0 Å². The molecule has 1 aliphatic heterocycles. The van der Waals surface area contributed by atoms with Crippen LogP contribution in [0.3, 0.4) is 0 Å². The van der Waals surface area contributed by atoms with Crippen molar-refractivity contribution in [3.63, 3.8) is 0 Å². The first-order valence-electron chi connectivity index (χ1n) is 9.85. The average molecular weight is 409 g/mol. The van der Waals surface area contributed by atoms with Crippen molar-refractivity contribution in [2.45, 2.75) is 32.7 Å². The molecule has 0 bridgehead atoms. The minimum Gasteiger partial charge on any atom is -0.497 e. The summed E-state index contributed by atoms with van der Waals surface area (Å²) in [5.41, 5.74) is 1.04. The van der Waals surface area contributed by atoms with Crippen molar-refractivity contribution in [1.82, 2.24) is 4.90 Å². The lowest BCUT2D eigenvalue weighted by Gasteiger charge is -2.31. The lowest BCUT2D eigenvalue weighted by atomic mass is 10.1. The van der Waals surface area contributed by atoms with Gasteiger partial charge in [0.05, 0.1) is 24.3 Å². The molecular weight excluding hydrogens is 382 g/mol. The predicted octanol–water partition coefficient (Wildman–Crippen LogP) is 3.53. The third-order valence-electron chi connectivity index (χ3n) is 5.08. The second kappa shape index (κ2) is 8.57. The molecule has 3 rings (SSSR count). The molecule has 2 aromatic rings. The number of carbonyl (C=O) groups is 3. The number of likely N-dealkylation sites (tertiary alicyclic amines) is 1. The number of methoxy groups -OCH3 is 1. The number of para-hydroxylation sites is 1. The van der Waals surface area contributed by atoms with Crippen LogP contribution in [0.5, 0.6) is 5.75 Å². The predicted molar refractivity (Wildman–Crippen MR) is 116 cm³/mol. The molecule has 1 aliphatic rings. The quantitative estimate of drug-likeness (QED) is 0.791. The van der Waals surface area contributed by atoms with E-state index in [1.807, 2.05) is 20.8 Å². The van der Waals surface area contributed by atoms with Gasteiger partial charge >= 0.3 is 0 Å². The maximum atomic E-state index is 12.8. The Morgan fingerprint density at radius 3 is 2.30 bits per heavy atom. The van der Waals surface area contributed by atoms with Gasteiger partial charge < -0.3 is 20.3 Å². The molecule has 0 aromatic heterocycles. The Morgan fingerprint density at radius 2 is 1.70 bits per heavy atom. The van der Waals surface area contributed by atoms with Gasteiger partial charge in [0.25, 0.3) is 5.91 Å². The fraction of sp³-hybridized carbons (Fsp3) is 0.348. The molecule has 1 saturated heterocycles. The number of rotatable bonds is 5. The van der Waals surface area contributed by atoms with Gasteiger partial charge in [-0.2, -0.15) is 0 Å². The van der Waals surface area contributed by atoms with Gasteiger partial charge in [-0.25, -0.2) is 0 Å². The molecule has 1 atom stereocenters. The van der Waals surface area contributed by atoms with Crippen LogP contribution in [0, 0.1) is 5.92 Å². The van der Waals surface area contributed by atoms with E-state index in [9.17, 15) is 14.4 Å². The first-order valence-corrected chi connectivity index (χ1v) is 9.85. The van der Waals surface area contributed by atoms with Crippen molar-refractivity contribution >= 4 is 29.1 Å². The average Bonchev–Trinajstić information content (AvgIpc) is 3.11. The summed E-state index contributed by atoms with van der Waals surface area (Å²) < 4.78 is 5.12. The molecule has 1 fully saturated rings. The van der Waals surface area contributed by atoms with Gasteiger partial charge in [0.1, 0.15) is 5.75 Å². The van der Waals surface area contributed by atoms with Crippen LogP contribution in [-0.2, 0) is 9.59 Å². The number of carbonyl (C=O) groups excluding carboxylic acids is 3. The van der Waals surface area contributed by atoms with Gasteiger partial charge in [0, 0.05) is 24.2 Å². The lowest BCUT2D eigenvalue weighted by Crippen LogP contribution is -2.42. The van der Waals surface area contributed by atoms with Gasteiger partial charge in [0.15, 0.2) is 0 Å². The Bertz CT molecular complexity index is 948. The summed E-state index contributed by atoms with van der Waals surface area (Å²) in [7, 11) is 1.57. The number of hydrogen-bond acceptors (Lipinski definition) is 4. The molecule has 0 unspecified atom stereocenters. The number of hydrogen-bond donors (Lipinski definition) is 2. The molecule has 7 heteroatoms. The highest BCUT2D eigenvalue weighted by Crippen LogP contribution is 2.27. The molecule has 0 radical (unpaired) electrons. The van der Waals surface area contributed by atoms with Crippen LogP contribution in [0.15, 0.2) is 48.5 Å². The summed E-state index contributed by atoms with van der Waals surface area (Å²) in [5, 5.41) is 5.65. The second-order valence-corrected chi connectivity index (χ2v) is 8.29. The molecule has 0 saturated carbocycles. The number of anilines is 2. The minimum atomic E-state index is -0.450.